The first kappa shape index (κ1) is 14.0. The summed E-state index contributed by atoms with van der Waals surface area (Å²) in [5.41, 5.74) is 4.32. The monoisotopic (exact) mass is 263 g/mol. The fourth-order valence-electron chi connectivity index (χ4n) is 2.93. The Hall–Kier alpha value is -0.470. The molecule has 1 fully saturated rings. The van der Waals surface area contributed by atoms with Crippen molar-refractivity contribution in [1.29, 1.82) is 0 Å². The molecule has 18 heavy (non-hydrogen) atoms. The van der Waals surface area contributed by atoms with E-state index in [-0.39, 0.29) is 0 Å². The van der Waals surface area contributed by atoms with Gasteiger partial charge in [0.1, 0.15) is 0 Å². The maximum absolute atomic E-state index is 3.79. The Balaban J connectivity index is 1.95. The van der Waals surface area contributed by atoms with E-state index in [4.69, 9.17) is 0 Å². The summed E-state index contributed by atoms with van der Waals surface area (Å²) in [4.78, 5) is 0. The third-order valence-electron chi connectivity index (χ3n) is 4.02. The highest BCUT2D eigenvalue weighted by atomic mass is 32.2. The summed E-state index contributed by atoms with van der Waals surface area (Å²) in [5.74, 6) is 1.24. The van der Waals surface area contributed by atoms with E-state index in [1.54, 1.807) is 0 Å². The summed E-state index contributed by atoms with van der Waals surface area (Å²) in [5, 5.41) is 4.63. The minimum Gasteiger partial charge on any atom is -0.309 e. The third kappa shape index (κ3) is 3.30. The van der Waals surface area contributed by atoms with Crippen molar-refractivity contribution >= 4 is 11.8 Å². The minimum absolute atomic E-state index is 0.717. The van der Waals surface area contributed by atoms with Gasteiger partial charge in [-0.25, -0.2) is 0 Å². The van der Waals surface area contributed by atoms with Crippen molar-refractivity contribution in [3.05, 3.63) is 34.9 Å². The molecule has 0 spiro atoms. The van der Waals surface area contributed by atoms with Gasteiger partial charge in [0.05, 0.1) is 0 Å². The molecule has 1 aromatic carbocycles. The molecule has 100 valence electrons. The summed E-state index contributed by atoms with van der Waals surface area (Å²) < 4.78 is 0. The summed E-state index contributed by atoms with van der Waals surface area (Å²) in [7, 11) is 0. The van der Waals surface area contributed by atoms with Crippen LogP contribution in [0.25, 0.3) is 0 Å². The average molecular weight is 263 g/mol. The van der Waals surface area contributed by atoms with Crippen LogP contribution in [0.1, 0.15) is 42.9 Å². The predicted molar refractivity (Wildman–Crippen MR) is 82.3 cm³/mol. The van der Waals surface area contributed by atoms with Gasteiger partial charge in [-0.05, 0) is 49.1 Å². The third-order valence-corrected chi connectivity index (χ3v) is 5.34. The Bertz CT molecular complexity index is 368. The molecule has 0 aromatic heterocycles. The van der Waals surface area contributed by atoms with Crippen molar-refractivity contribution < 1.29 is 0 Å². The number of aryl methyl sites for hydroxylation is 2. The number of benzene rings is 1. The van der Waals surface area contributed by atoms with Crippen molar-refractivity contribution in [1.82, 2.24) is 5.32 Å². The Morgan fingerprint density at radius 3 is 2.61 bits per heavy atom. The van der Waals surface area contributed by atoms with Crippen LogP contribution in [0.4, 0.5) is 0 Å². The molecule has 2 heteroatoms. The zero-order valence-electron chi connectivity index (χ0n) is 11.8. The summed E-state index contributed by atoms with van der Waals surface area (Å²) in [6.07, 6.45) is 4.13. The van der Waals surface area contributed by atoms with E-state index in [0.717, 1.165) is 11.8 Å². The van der Waals surface area contributed by atoms with Gasteiger partial charge < -0.3 is 5.32 Å². The van der Waals surface area contributed by atoms with Crippen molar-refractivity contribution in [2.75, 3.05) is 5.75 Å². The molecule has 0 bridgehead atoms. The zero-order valence-corrected chi connectivity index (χ0v) is 12.6. The molecule has 1 nitrogen and oxygen atoms in total. The standard InChI is InChI=1S/C16H25NS/c1-4-18-16-10-6-9-15(16)17-11-14-12(2)7-5-8-13(14)3/h5,7-8,15-17H,4,6,9-11H2,1-3H3. The van der Waals surface area contributed by atoms with E-state index < -0.39 is 0 Å². The predicted octanol–water partition coefficient (Wildman–Crippen LogP) is 4.07. The summed E-state index contributed by atoms with van der Waals surface area (Å²) >= 11 is 2.13. The van der Waals surface area contributed by atoms with Gasteiger partial charge in [-0.2, -0.15) is 11.8 Å². The average Bonchev–Trinajstić information content (AvgIpc) is 2.77. The van der Waals surface area contributed by atoms with E-state index in [2.05, 4.69) is 56.0 Å². The fraction of sp³-hybridized carbons (Fsp3) is 0.625. The second-order valence-corrected chi connectivity index (χ2v) is 6.80. The highest BCUT2D eigenvalue weighted by Gasteiger charge is 2.26. The van der Waals surface area contributed by atoms with Crippen LogP contribution in [0.15, 0.2) is 18.2 Å². The van der Waals surface area contributed by atoms with Crippen LogP contribution in [-0.2, 0) is 6.54 Å². The van der Waals surface area contributed by atoms with Crippen molar-refractivity contribution in [3.63, 3.8) is 0 Å². The Labute approximate surface area is 116 Å². The second-order valence-electron chi connectivity index (χ2n) is 5.28. The summed E-state index contributed by atoms with van der Waals surface area (Å²) in [6.45, 7) is 7.74. The van der Waals surface area contributed by atoms with Crippen LogP contribution in [0.2, 0.25) is 0 Å². The van der Waals surface area contributed by atoms with Crippen LogP contribution in [0, 0.1) is 13.8 Å². The van der Waals surface area contributed by atoms with Crippen LogP contribution in [0.3, 0.4) is 0 Å². The van der Waals surface area contributed by atoms with Gasteiger partial charge in [0.25, 0.3) is 0 Å². The van der Waals surface area contributed by atoms with Gasteiger partial charge >= 0.3 is 0 Å². The van der Waals surface area contributed by atoms with Crippen LogP contribution >= 0.6 is 11.8 Å². The van der Waals surface area contributed by atoms with E-state index in [9.17, 15) is 0 Å². The van der Waals surface area contributed by atoms with Gasteiger partial charge in [-0.1, -0.05) is 31.5 Å². The number of hydrogen-bond donors (Lipinski definition) is 1. The SMILES string of the molecule is CCSC1CCCC1NCc1c(C)cccc1C. The summed E-state index contributed by atoms with van der Waals surface area (Å²) in [6, 6.07) is 7.31. The Kier molecular flexibility index (Phi) is 5.13. The molecule has 2 unspecified atom stereocenters. The lowest BCUT2D eigenvalue weighted by atomic mass is 10.0. The minimum atomic E-state index is 0.717. The van der Waals surface area contributed by atoms with Gasteiger partial charge in [-0.15, -0.1) is 0 Å². The lowest BCUT2D eigenvalue weighted by Gasteiger charge is -2.21. The molecule has 1 N–H and O–H groups in total. The first-order chi connectivity index (χ1) is 8.72. The molecule has 2 rings (SSSR count). The zero-order chi connectivity index (χ0) is 13.0. The topological polar surface area (TPSA) is 12.0 Å². The van der Waals surface area contributed by atoms with Crippen LogP contribution in [-0.4, -0.2) is 17.0 Å². The maximum Gasteiger partial charge on any atom is 0.0213 e. The number of nitrogens with one attached hydrogen (secondary N) is 1. The molecule has 1 aliphatic rings. The first-order valence-electron chi connectivity index (χ1n) is 7.12. The Morgan fingerprint density at radius 1 is 1.22 bits per heavy atom. The molecule has 0 radical (unpaired) electrons. The molecular weight excluding hydrogens is 238 g/mol. The number of hydrogen-bond acceptors (Lipinski definition) is 2. The number of thioether (sulfide) groups is 1. The molecule has 0 aliphatic heterocycles. The lowest BCUT2D eigenvalue weighted by Crippen LogP contribution is -2.34. The van der Waals surface area contributed by atoms with Crippen LogP contribution < -0.4 is 5.32 Å². The highest BCUT2D eigenvalue weighted by molar-refractivity contribution is 7.99. The van der Waals surface area contributed by atoms with Gasteiger partial charge in [-0.3, -0.25) is 0 Å². The second kappa shape index (κ2) is 6.63. The van der Waals surface area contributed by atoms with Crippen molar-refractivity contribution in [3.8, 4) is 0 Å². The van der Waals surface area contributed by atoms with E-state index in [1.165, 1.54) is 41.7 Å². The number of rotatable bonds is 5. The fourth-order valence-corrected chi connectivity index (χ4v) is 4.16. The molecule has 1 saturated carbocycles. The molecule has 1 aliphatic carbocycles. The quantitative estimate of drug-likeness (QED) is 0.859. The molecule has 1 aromatic rings. The smallest absolute Gasteiger partial charge is 0.0213 e. The lowest BCUT2D eigenvalue weighted by molar-refractivity contribution is 0.530. The largest absolute Gasteiger partial charge is 0.309 e. The van der Waals surface area contributed by atoms with Crippen molar-refractivity contribution in [2.45, 2.75) is 57.9 Å². The van der Waals surface area contributed by atoms with Gasteiger partial charge in [0.2, 0.25) is 0 Å². The van der Waals surface area contributed by atoms with E-state index in [1.807, 2.05) is 0 Å². The molecule has 0 amide bonds. The van der Waals surface area contributed by atoms with Gasteiger partial charge in [0.15, 0.2) is 0 Å². The molecule has 0 heterocycles. The van der Waals surface area contributed by atoms with Crippen molar-refractivity contribution in [2.24, 2.45) is 0 Å². The molecule has 0 saturated heterocycles. The molecule has 2 atom stereocenters. The Morgan fingerprint density at radius 2 is 1.94 bits per heavy atom. The maximum atomic E-state index is 3.79. The van der Waals surface area contributed by atoms with Crippen LogP contribution in [0.5, 0.6) is 0 Å². The molecular formula is C16H25NS. The normalized spacial score (nSPS) is 23.5. The first-order valence-corrected chi connectivity index (χ1v) is 8.17. The van der Waals surface area contributed by atoms with E-state index >= 15 is 0 Å². The van der Waals surface area contributed by atoms with E-state index in [0.29, 0.717) is 6.04 Å². The highest BCUT2D eigenvalue weighted by Crippen LogP contribution is 2.30. The van der Waals surface area contributed by atoms with Gasteiger partial charge in [0, 0.05) is 17.8 Å².